The molecule has 1 heterocycles. The number of fused-ring (bicyclic) bond motifs is 3. The molecule has 1 aliphatic rings. The van der Waals surface area contributed by atoms with Gasteiger partial charge in [-0.3, -0.25) is 10.1 Å². The molecule has 4 rings (SSSR count). The third-order valence-corrected chi connectivity index (χ3v) is 5.59. The molecule has 0 amide bonds. The fourth-order valence-corrected chi connectivity index (χ4v) is 4.25. The van der Waals surface area contributed by atoms with E-state index in [1.807, 2.05) is 18.2 Å². The first-order valence-corrected chi connectivity index (χ1v) is 9.73. The van der Waals surface area contributed by atoms with Crippen LogP contribution in [0.15, 0.2) is 42.5 Å². The van der Waals surface area contributed by atoms with Gasteiger partial charge in [0.05, 0.1) is 12.0 Å². The highest BCUT2D eigenvalue weighted by molar-refractivity contribution is 5.87. The normalized spacial score (nSPS) is 17.3. The number of aromatic amines is 1. The van der Waals surface area contributed by atoms with Crippen molar-refractivity contribution < 1.29 is 9.66 Å². The molecule has 3 aromatic rings. The molecule has 0 spiro atoms. The third kappa shape index (κ3) is 3.60. The Kier molecular flexibility index (Phi) is 5.05. The van der Waals surface area contributed by atoms with Crippen LogP contribution in [0.25, 0.3) is 10.9 Å². The predicted molar refractivity (Wildman–Crippen MR) is 110 cm³/mol. The Bertz CT molecular complexity index is 994. The fraction of sp³-hybridized carbons (Fsp3) is 0.364. The number of rotatable bonds is 6. The van der Waals surface area contributed by atoms with Gasteiger partial charge in [0.1, 0.15) is 5.75 Å². The second kappa shape index (κ2) is 7.64. The van der Waals surface area contributed by atoms with Gasteiger partial charge < -0.3 is 15.0 Å². The molecule has 1 aromatic heterocycles. The SMILES string of the molecule is COc1ccc(C[C@@H](C)N[C@H]2CCCc3c2[nH]c2ccc([N+](=O)[O-])cc32)cc1. The number of aromatic nitrogens is 1. The van der Waals surface area contributed by atoms with Gasteiger partial charge in [0.2, 0.25) is 0 Å². The summed E-state index contributed by atoms with van der Waals surface area (Å²) in [6, 6.07) is 13.8. The maximum Gasteiger partial charge on any atom is 0.270 e. The summed E-state index contributed by atoms with van der Waals surface area (Å²) >= 11 is 0. The zero-order valence-electron chi connectivity index (χ0n) is 16.2. The third-order valence-electron chi connectivity index (χ3n) is 5.59. The number of methoxy groups -OCH3 is 1. The first-order valence-electron chi connectivity index (χ1n) is 9.73. The highest BCUT2D eigenvalue weighted by Crippen LogP contribution is 2.36. The van der Waals surface area contributed by atoms with E-state index in [4.69, 9.17) is 4.74 Å². The molecule has 0 radical (unpaired) electrons. The van der Waals surface area contributed by atoms with E-state index in [-0.39, 0.29) is 16.7 Å². The predicted octanol–water partition coefficient (Wildman–Crippen LogP) is 4.68. The minimum atomic E-state index is -0.325. The summed E-state index contributed by atoms with van der Waals surface area (Å²) in [5.41, 5.74) is 4.80. The fourth-order valence-electron chi connectivity index (χ4n) is 4.25. The topological polar surface area (TPSA) is 80.2 Å². The summed E-state index contributed by atoms with van der Waals surface area (Å²) in [4.78, 5) is 14.3. The number of nitro benzene ring substituents is 1. The van der Waals surface area contributed by atoms with Crippen molar-refractivity contribution in [2.75, 3.05) is 7.11 Å². The van der Waals surface area contributed by atoms with Gasteiger partial charge in [0, 0.05) is 40.8 Å². The molecule has 28 heavy (non-hydrogen) atoms. The van der Waals surface area contributed by atoms with Crippen LogP contribution >= 0.6 is 0 Å². The van der Waals surface area contributed by atoms with E-state index in [1.54, 1.807) is 19.2 Å². The van der Waals surface area contributed by atoms with Crippen molar-refractivity contribution in [3.63, 3.8) is 0 Å². The van der Waals surface area contributed by atoms with Gasteiger partial charge >= 0.3 is 0 Å². The van der Waals surface area contributed by atoms with Crippen LogP contribution in [0.5, 0.6) is 5.75 Å². The molecule has 2 atom stereocenters. The summed E-state index contributed by atoms with van der Waals surface area (Å²) in [6.45, 7) is 2.20. The maximum absolute atomic E-state index is 11.1. The standard InChI is InChI=1S/C22H25N3O3/c1-14(12-15-6-9-17(28-2)10-7-15)23-21-5-3-4-18-19-13-16(25(26)27)8-11-20(19)24-22(18)21/h6-11,13-14,21,23-24H,3-5,12H2,1-2H3/t14-,21+/m1/s1. The average molecular weight is 379 g/mol. The summed E-state index contributed by atoms with van der Waals surface area (Å²) in [7, 11) is 1.68. The zero-order chi connectivity index (χ0) is 19.7. The van der Waals surface area contributed by atoms with E-state index in [9.17, 15) is 10.1 Å². The number of hydrogen-bond acceptors (Lipinski definition) is 4. The first kappa shape index (κ1) is 18.5. The average Bonchev–Trinajstić information content (AvgIpc) is 3.07. The van der Waals surface area contributed by atoms with E-state index < -0.39 is 0 Å². The summed E-state index contributed by atoms with van der Waals surface area (Å²) in [5.74, 6) is 0.869. The van der Waals surface area contributed by atoms with Crippen molar-refractivity contribution in [3.8, 4) is 5.75 Å². The Morgan fingerprint density at radius 1 is 1.29 bits per heavy atom. The van der Waals surface area contributed by atoms with Crippen LogP contribution < -0.4 is 10.1 Å². The summed E-state index contributed by atoms with van der Waals surface area (Å²) in [6.07, 6.45) is 4.04. The minimum Gasteiger partial charge on any atom is -0.497 e. The Morgan fingerprint density at radius 2 is 2.07 bits per heavy atom. The van der Waals surface area contributed by atoms with Crippen molar-refractivity contribution in [1.29, 1.82) is 0 Å². The van der Waals surface area contributed by atoms with Crippen molar-refractivity contribution in [2.45, 2.75) is 44.7 Å². The number of nitrogens with one attached hydrogen (secondary N) is 2. The number of hydrogen-bond donors (Lipinski definition) is 2. The van der Waals surface area contributed by atoms with Crippen LogP contribution in [-0.2, 0) is 12.8 Å². The minimum absolute atomic E-state index is 0.150. The molecule has 1 aliphatic carbocycles. The molecule has 2 N–H and O–H groups in total. The van der Waals surface area contributed by atoms with Crippen LogP contribution in [0.3, 0.4) is 0 Å². The molecule has 2 aromatic carbocycles. The molecule has 0 saturated heterocycles. The van der Waals surface area contributed by atoms with Gasteiger partial charge in [-0.15, -0.1) is 0 Å². The number of benzene rings is 2. The van der Waals surface area contributed by atoms with E-state index in [1.165, 1.54) is 16.8 Å². The molecule has 146 valence electrons. The van der Waals surface area contributed by atoms with Crippen molar-refractivity contribution >= 4 is 16.6 Å². The van der Waals surface area contributed by atoms with Gasteiger partial charge in [0.15, 0.2) is 0 Å². The molecule has 6 heteroatoms. The highest BCUT2D eigenvalue weighted by Gasteiger charge is 2.26. The Balaban J connectivity index is 1.53. The molecule has 0 aliphatic heterocycles. The number of nitro groups is 1. The zero-order valence-corrected chi connectivity index (χ0v) is 16.2. The van der Waals surface area contributed by atoms with E-state index >= 15 is 0 Å². The van der Waals surface area contributed by atoms with Gasteiger partial charge in [-0.25, -0.2) is 0 Å². The van der Waals surface area contributed by atoms with Gasteiger partial charge in [-0.2, -0.15) is 0 Å². The van der Waals surface area contributed by atoms with Crippen LogP contribution in [0.1, 0.15) is 42.6 Å². The Hall–Kier alpha value is -2.86. The lowest BCUT2D eigenvalue weighted by Crippen LogP contribution is -2.34. The second-order valence-corrected chi connectivity index (χ2v) is 7.57. The van der Waals surface area contributed by atoms with Gasteiger partial charge in [0.25, 0.3) is 5.69 Å². The molecular weight excluding hydrogens is 354 g/mol. The molecule has 0 unspecified atom stereocenters. The summed E-state index contributed by atoms with van der Waals surface area (Å²) < 4.78 is 5.22. The molecule has 0 bridgehead atoms. The van der Waals surface area contributed by atoms with Crippen LogP contribution in [0, 0.1) is 10.1 Å². The van der Waals surface area contributed by atoms with E-state index in [0.717, 1.165) is 42.3 Å². The van der Waals surface area contributed by atoms with Crippen molar-refractivity contribution in [1.82, 2.24) is 10.3 Å². The van der Waals surface area contributed by atoms with Crippen LogP contribution in [0.4, 0.5) is 5.69 Å². The number of non-ortho nitro benzene ring substituents is 1. The molecule has 0 saturated carbocycles. The highest BCUT2D eigenvalue weighted by atomic mass is 16.6. The van der Waals surface area contributed by atoms with Crippen LogP contribution in [-0.4, -0.2) is 23.1 Å². The molecule has 6 nitrogen and oxygen atoms in total. The van der Waals surface area contributed by atoms with Crippen LogP contribution in [0.2, 0.25) is 0 Å². The Morgan fingerprint density at radius 3 is 2.79 bits per heavy atom. The van der Waals surface area contributed by atoms with Crippen molar-refractivity contribution in [2.24, 2.45) is 0 Å². The maximum atomic E-state index is 11.1. The lowest BCUT2D eigenvalue weighted by atomic mass is 9.91. The largest absolute Gasteiger partial charge is 0.497 e. The first-order chi connectivity index (χ1) is 13.5. The molecule has 0 fully saturated rings. The lowest BCUT2D eigenvalue weighted by molar-refractivity contribution is -0.384. The van der Waals surface area contributed by atoms with Gasteiger partial charge in [-0.1, -0.05) is 12.1 Å². The monoisotopic (exact) mass is 379 g/mol. The summed E-state index contributed by atoms with van der Waals surface area (Å²) in [5, 5.41) is 15.9. The number of ether oxygens (including phenoxy) is 1. The number of aryl methyl sites for hydroxylation is 1. The number of H-pyrrole nitrogens is 1. The molecular formula is C22H25N3O3. The lowest BCUT2D eigenvalue weighted by Gasteiger charge is -2.27. The second-order valence-electron chi connectivity index (χ2n) is 7.57. The Labute approximate surface area is 164 Å². The smallest absolute Gasteiger partial charge is 0.270 e. The van der Waals surface area contributed by atoms with E-state index in [2.05, 4.69) is 29.4 Å². The quantitative estimate of drug-likeness (QED) is 0.481. The number of nitrogens with zero attached hydrogens (tertiary/aromatic N) is 1. The van der Waals surface area contributed by atoms with Crippen molar-refractivity contribution in [3.05, 3.63) is 69.4 Å². The van der Waals surface area contributed by atoms with Gasteiger partial charge in [-0.05, 0) is 61.9 Å². The van der Waals surface area contributed by atoms with E-state index in [0.29, 0.717) is 6.04 Å².